The molecule has 1 N–H and O–H groups in total. The van der Waals surface area contributed by atoms with Crippen LogP contribution in [0.5, 0.6) is 0 Å². The lowest BCUT2D eigenvalue weighted by Crippen LogP contribution is -2.39. The third-order valence-electron chi connectivity index (χ3n) is 3.21. The van der Waals surface area contributed by atoms with Crippen molar-refractivity contribution >= 4 is 5.96 Å². The van der Waals surface area contributed by atoms with Crippen LogP contribution in [0, 0.1) is 0 Å². The lowest BCUT2D eigenvalue weighted by Gasteiger charge is -2.21. The van der Waals surface area contributed by atoms with E-state index in [1.54, 1.807) is 6.33 Å². The molecule has 0 fully saturated rings. The first-order valence-corrected chi connectivity index (χ1v) is 7.69. The number of unbranched alkanes of at least 4 members (excludes halogenated alkanes) is 1. The van der Waals surface area contributed by atoms with Gasteiger partial charge in [-0.3, -0.25) is 4.99 Å². The molecule has 1 aromatic rings. The molecule has 0 unspecified atom stereocenters. The Morgan fingerprint density at radius 3 is 3.00 bits per heavy atom. The second-order valence-electron chi connectivity index (χ2n) is 4.88. The second kappa shape index (κ2) is 9.96. The SMILES string of the molecule is C=CCCCN(C)C(=NCCn1cnnc1CC)NCC. The molecule has 1 rings (SSSR count). The highest BCUT2D eigenvalue weighted by atomic mass is 15.3. The topological polar surface area (TPSA) is 58.3 Å². The first-order chi connectivity index (χ1) is 10.2. The second-order valence-corrected chi connectivity index (χ2v) is 4.88. The summed E-state index contributed by atoms with van der Waals surface area (Å²) in [5.74, 6) is 1.96. The third kappa shape index (κ3) is 5.97. The summed E-state index contributed by atoms with van der Waals surface area (Å²) >= 11 is 0. The minimum Gasteiger partial charge on any atom is -0.357 e. The fourth-order valence-corrected chi connectivity index (χ4v) is 2.05. The maximum Gasteiger partial charge on any atom is 0.193 e. The van der Waals surface area contributed by atoms with Crippen LogP contribution in [0.2, 0.25) is 0 Å². The molecule has 0 aliphatic rings. The quantitative estimate of drug-likeness (QED) is 0.326. The lowest BCUT2D eigenvalue weighted by molar-refractivity contribution is 0.469. The summed E-state index contributed by atoms with van der Waals surface area (Å²) < 4.78 is 2.06. The molecule has 0 aromatic carbocycles. The van der Waals surface area contributed by atoms with E-state index in [0.29, 0.717) is 0 Å². The summed E-state index contributed by atoms with van der Waals surface area (Å²) in [7, 11) is 2.07. The average molecular weight is 292 g/mol. The number of guanidine groups is 1. The molecule has 0 atom stereocenters. The first kappa shape index (κ1) is 17.2. The molecule has 0 saturated carbocycles. The highest BCUT2D eigenvalue weighted by Crippen LogP contribution is 1.98. The molecule has 0 aliphatic carbocycles. The number of nitrogens with zero attached hydrogens (tertiary/aromatic N) is 5. The van der Waals surface area contributed by atoms with Gasteiger partial charge in [-0.05, 0) is 19.8 Å². The summed E-state index contributed by atoms with van der Waals surface area (Å²) in [6.07, 6.45) is 6.75. The monoisotopic (exact) mass is 292 g/mol. The van der Waals surface area contributed by atoms with Gasteiger partial charge in [-0.1, -0.05) is 13.0 Å². The van der Waals surface area contributed by atoms with Gasteiger partial charge in [-0.15, -0.1) is 16.8 Å². The average Bonchev–Trinajstić information content (AvgIpc) is 2.94. The van der Waals surface area contributed by atoms with Crippen molar-refractivity contribution < 1.29 is 0 Å². The number of hydrogen-bond acceptors (Lipinski definition) is 3. The molecule has 118 valence electrons. The van der Waals surface area contributed by atoms with E-state index in [2.05, 4.69) is 57.4 Å². The van der Waals surface area contributed by atoms with Crippen molar-refractivity contribution in [2.24, 2.45) is 4.99 Å². The molecule has 1 heterocycles. The van der Waals surface area contributed by atoms with E-state index >= 15 is 0 Å². The highest BCUT2D eigenvalue weighted by Gasteiger charge is 2.05. The Bertz CT molecular complexity index is 437. The van der Waals surface area contributed by atoms with E-state index in [4.69, 9.17) is 0 Å². The molecule has 1 aromatic heterocycles. The first-order valence-electron chi connectivity index (χ1n) is 7.69. The van der Waals surface area contributed by atoms with E-state index in [0.717, 1.165) is 57.2 Å². The summed E-state index contributed by atoms with van der Waals surface area (Å²) in [6.45, 7) is 11.3. The van der Waals surface area contributed by atoms with Crippen LogP contribution in [0.1, 0.15) is 32.5 Å². The van der Waals surface area contributed by atoms with Gasteiger partial charge in [0, 0.05) is 33.1 Å². The van der Waals surface area contributed by atoms with Crippen LogP contribution in [-0.2, 0) is 13.0 Å². The molecular weight excluding hydrogens is 264 g/mol. The molecule has 0 saturated heterocycles. The fourth-order valence-electron chi connectivity index (χ4n) is 2.05. The number of aryl methyl sites for hydroxylation is 1. The summed E-state index contributed by atoms with van der Waals surface area (Å²) in [6, 6.07) is 0. The van der Waals surface area contributed by atoms with Gasteiger partial charge < -0.3 is 14.8 Å². The Kier molecular flexibility index (Phi) is 8.16. The zero-order valence-electron chi connectivity index (χ0n) is 13.5. The lowest BCUT2D eigenvalue weighted by atomic mass is 10.3. The van der Waals surface area contributed by atoms with Gasteiger partial charge in [0.2, 0.25) is 0 Å². The van der Waals surface area contributed by atoms with Gasteiger partial charge in [0.05, 0.1) is 6.54 Å². The van der Waals surface area contributed by atoms with E-state index in [9.17, 15) is 0 Å². The van der Waals surface area contributed by atoms with Crippen molar-refractivity contribution in [3.8, 4) is 0 Å². The van der Waals surface area contributed by atoms with Gasteiger partial charge in [-0.25, -0.2) is 0 Å². The highest BCUT2D eigenvalue weighted by molar-refractivity contribution is 5.79. The maximum absolute atomic E-state index is 4.67. The predicted octanol–water partition coefficient (Wildman–Crippen LogP) is 1.70. The van der Waals surface area contributed by atoms with Gasteiger partial charge in [0.15, 0.2) is 5.96 Å². The van der Waals surface area contributed by atoms with Gasteiger partial charge in [0.1, 0.15) is 12.2 Å². The third-order valence-corrected chi connectivity index (χ3v) is 3.21. The number of aromatic nitrogens is 3. The fraction of sp³-hybridized carbons (Fsp3) is 0.667. The number of hydrogen-bond donors (Lipinski definition) is 1. The summed E-state index contributed by atoms with van der Waals surface area (Å²) in [5, 5.41) is 11.4. The van der Waals surface area contributed by atoms with E-state index in [1.165, 1.54) is 0 Å². The smallest absolute Gasteiger partial charge is 0.193 e. The van der Waals surface area contributed by atoms with E-state index in [1.807, 2.05) is 6.08 Å². The Labute approximate surface area is 128 Å². The molecule has 0 amide bonds. The standard InChI is InChI=1S/C15H28N6/c1-5-8-9-11-20(4)15(16-7-3)17-10-12-21-13-18-19-14(21)6-2/h5,13H,1,6-12H2,2-4H3,(H,16,17). The molecule has 0 bridgehead atoms. The molecule has 21 heavy (non-hydrogen) atoms. The largest absolute Gasteiger partial charge is 0.357 e. The number of rotatable bonds is 9. The van der Waals surface area contributed by atoms with Crippen LogP contribution in [-0.4, -0.2) is 52.3 Å². The Balaban J connectivity index is 2.52. The van der Waals surface area contributed by atoms with Gasteiger partial charge in [-0.2, -0.15) is 0 Å². The van der Waals surface area contributed by atoms with Crippen molar-refractivity contribution in [3.63, 3.8) is 0 Å². The van der Waals surface area contributed by atoms with Crippen molar-refractivity contribution in [1.82, 2.24) is 25.0 Å². The van der Waals surface area contributed by atoms with Gasteiger partial charge >= 0.3 is 0 Å². The van der Waals surface area contributed by atoms with Crippen molar-refractivity contribution in [2.45, 2.75) is 39.7 Å². The Hall–Kier alpha value is -1.85. The minimum absolute atomic E-state index is 0.721. The van der Waals surface area contributed by atoms with E-state index in [-0.39, 0.29) is 0 Å². The predicted molar refractivity (Wildman–Crippen MR) is 87.4 cm³/mol. The van der Waals surface area contributed by atoms with Crippen LogP contribution >= 0.6 is 0 Å². The minimum atomic E-state index is 0.721. The zero-order chi connectivity index (χ0) is 15.5. The van der Waals surface area contributed by atoms with Crippen LogP contribution in [0.4, 0.5) is 0 Å². The molecule has 0 aliphatic heterocycles. The Morgan fingerprint density at radius 1 is 1.52 bits per heavy atom. The van der Waals surface area contributed by atoms with E-state index < -0.39 is 0 Å². The molecular formula is C15H28N6. The molecule has 0 radical (unpaired) electrons. The molecule has 0 spiro atoms. The van der Waals surface area contributed by atoms with Crippen molar-refractivity contribution in [3.05, 3.63) is 24.8 Å². The van der Waals surface area contributed by atoms with Crippen LogP contribution in [0.15, 0.2) is 24.0 Å². The Morgan fingerprint density at radius 2 is 2.33 bits per heavy atom. The van der Waals surface area contributed by atoms with Crippen LogP contribution in [0.25, 0.3) is 0 Å². The summed E-state index contributed by atoms with van der Waals surface area (Å²) in [5.41, 5.74) is 0. The van der Waals surface area contributed by atoms with Gasteiger partial charge in [0.25, 0.3) is 0 Å². The normalized spacial score (nSPS) is 11.5. The zero-order valence-corrected chi connectivity index (χ0v) is 13.5. The number of aliphatic imine (C=N–C) groups is 1. The number of nitrogens with one attached hydrogen (secondary N) is 1. The number of allylic oxidation sites excluding steroid dienone is 1. The van der Waals surface area contributed by atoms with Crippen LogP contribution in [0.3, 0.4) is 0 Å². The van der Waals surface area contributed by atoms with Crippen LogP contribution < -0.4 is 5.32 Å². The van der Waals surface area contributed by atoms with Crippen molar-refractivity contribution in [2.75, 3.05) is 26.7 Å². The molecule has 6 nitrogen and oxygen atoms in total. The summed E-state index contributed by atoms with van der Waals surface area (Å²) in [4.78, 5) is 6.84. The van der Waals surface area contributed by atoms with Crippen molar-refractivity contribution in [1.29, 1.82) is 0 Å². The molecule has 6 heteroatoms. The maximum atomic E-state index is 4.67.